The number of nitrogens with zero attached hydrogens (tertiary/aromatic N) is 2. The van der Waals surface area contributed by atoms with Crippen molar-refractivity contribution in [2.24, 2.45) is 0 Å². The van der Waals surface area contributed by atoms with Crippen LogP contribution in [-0.4, -0.2) is 48.4 Å². The zero-order valence-corrected chi connectivity index (χ0v) is 15.4. The molecule has 2 aromatic carbocycles. The van der Waals surface area contributed by atoms with Crippen LogP contribution in [0.2, 0.25) is 0 Å². The van der Waals surface area contributed by atoms with Crippen LogP contribution in [-0.2, 0) is 6.42 Å². The molecule has 0 spiro atoms. The Hall–Kier alpha value is -1.65. The van der Waals surface area contributed by atoms with Crippen LogP contribution >= 0.6 is 15.9 Å². The zero-order chi connectivity index (χ0) is 16.8. The summed E-state index contributed by atoms with van der Waals surface area (Å²) in [6.07, 6.45) is 2.29. The highest BCUT2D eigenvalue weighted by atomic mass is 79.9. The van der Waals surface area contributed by atoms with Crippen LogP contribution in [0.4, 0.5) is 0 Å². The fourth-order valence-electron chi connectivity index (χ4n) is 3.13. The predicted molar refractivity (Wildman–Crippen MR) is 101 cm³/mol. The van der Waals surface area contributed by atoms with Crippen molar-refractivity contribution >= 4 is 21.8 Å². The highest BCUT2D eigenvalue weighted by Gasteiger charge is 2.22. The molecule has 4 heteroatoms. The second kappa shape index (κ2) is 8.45. The number of hydrogen-bond acceptors (Lipinski definition) is 2. The average Bonchev–Trinajstić information content (AvgIpc) is 2.63. The highest BCUT2D eigenvalue weighted by Crippen LogP contribution is 2.18. The van der Waals surface area contributed by atoms with Crippen molar-refractivity contribution in [1.82, 2.24) is 9.80 Å². The number of aryl methyl sites for hydroxylation is 1. The van der Waals surface area contributed by atoms with Crippen LogP contribution in [0.25, 0.3) is 0 Å². The molecule has 1 fully saturated rings. The molecule has 1 heterocycles. The maximum absolute atomic E-state index is 12.6. The highest BCUT2D eigenvalue weighted by molar-refractivity contribution is 9.10. The average molecular weight is 387 g/mol. The fourth-order valence-corrected chi connectivity index (χ4v) is 3.59. The summed E-state index contributed by atoms with van der Waals surface area (Å²) in [5, 5.41) is 0. The molecule has 3 rings (SSSR count). The van der Waals surface area contributed by atoms with Gasteiger partial charge in [-0.25, -0.2) is 0 Å². The molecule has 2 aromatic rings. The number of carbonyl (C=O) groups excluding carboxylic acids is 1. The van der Waals surface area contributed by atoms with Gasteiger partial charge in [-0.2, -0.15) is 0 Å². The van der Waals surface area contributed by atoms with Gasteiger partial charge in [-0.1, -0.05) is 42.5 Å². The van der Waals surface area contributed by atoms with Gasteiger partial charge in [-0.05, 0) is 53.0 Å². The number of carbonyl (C=O) groups is 1. The van der Waals surface area contributed by atoms with Gasteiger partial charge >= 0.3 is 0 Å². The first-order valence-electron chi connectivity index (χ1n) is 8.54. The molecule has 0 atom stereocenters. The molecule has 0 bridgehead atoms. The molecule has 0 aromatic heterocycles. The van der Waals surface area contributed by atoms with E-state index in [4.69, 9.17) is 0 Å². The van der Waals surface area contributed by atoms with Gasteiger partial charge in [0.2, 0.25) is 0 Å². The number of halogens is 1. The monoisotopic (exact) mass is 386 g/mol. The van der Waals surface area contributed by atoms with Gasteiger partial charge in [-0.15, -0.1) is 0 Å². The van der Waals surface area contributed by atoms with Crippen LogP contribution < -0.4 is 0 Å². The van der Waals surface area contributed by atoms with Gasteiger partial charge in [0.15, 0.2) is 0 Å². The van der Waals surface area contributed by atoms with E-state index < -0.39 is 0 Å². The first-order valence-corrected chi connectivity index (χ1v) is 9.33. The minimum Gasteiger partial charge on any atom is -0.336 e. The maximum Gasteiger partial charge on any atom is 0.255 e. The molecular formula is C20H23BrN2O. The van der Waals surface area contributed by atoms with Gasteiger partial charge in [0.05, 0.1) is 5.56 Å². The minimum atomic E-state index is 0.131. The Kier molecular flexibility index (Phi) is 6.05. The summed E-state index contributed by atoms with van der Waals surface area (Å²) < 4.78 is 0.875. The number of rotatable bonds is 5. The molecule has 0 unspecified atom stereocenters. The van der Waals surface area contributed by atoms with Crippen LogP contribution in [0.5, 0.6) is 0 Å². The standard InChI is InChI=1S/C20H23BrN2O/c21-19-11-5-4-10-18(19)20(24)23-15-13-22(14-16-23)12-6-9-17-7-2-1-3-8-17/h1-5,7-8,10-11H,6,9,12-16H2. The summed E-state index contributed by atoms with van der Waals surface area (Å²) in [7, 11) is 0. The van der Waals surface area contributed by atoms with Crippen molar-refractivity contribution in [3.8, 4) is 0 Å². The van der Waals surface area contributed by atoms with E-state index >= 15 is 0 Å². The first kappa shape index (κ1) is 17.2. The quantitative estimate of drug-likeness (QED) is 0.779. The Morgan fingerprint density at radius 2 is 1.58 bits per heavy atom. The van der Waals surface area contributed by atoms with Crippen molar-refractivity contribution in [1.29, 1.82) is 0 Å². The molecule has 1 aliphatic rings. The van der Waals surface area contributed by atoms with Gasteiger partial charge in [0.1, 0.15) is 0 Å². The summed E-state index contributed by atoms with van der Waals surface area (Å²) in [4.78, 5) is 17.0. The van der Waals surface area contributed by atoms with E-state index in [1.54, 1.807) is 0 Å². The molecular weight excluding hydrogens is 364 g/mol. The SMILES string of the molecule is O=C(c1ccccc1Br)N1CCN(CCCc2ccccc2)CC1. The first-order chi connectivity index (χ1) is 11.7. The summed E-state index contributed by atoms with van der Waals surface area (Å²) in [6.45, 7) is 4.65. The van der Waals surface area contributed by atoms with E-state index in [-0.39, 0.29) is 5.91 Å². The molecule has 1 saturated heterocycles. The van der Waals surface area contributed by atoms with Gasteiger partial charge in [0.25, 0.3) is 5.91 Å². The van der Waals surface area contributed by atoms with E-state index in [1.807, 2.05) is 29.2 Å². The fraction of sp³-hybridized carbons (Fsp3) is 0.350. The van der Waals surface area contributed by atoms with Crippen LogP contribution in [0.3, 0.4) is 0 Å². The van der Waals surface area contributed by atoms with E-state index in [9.17, 15) is 4.79 Å². The van der Waals surface area contributed by atoms with Crippen molar-refractivity contribution in [3.63, 3.8) is 0 Å². The molecule has 0 radical (unpaired) electrons. The van der Waals surface area contributed by atoms with Crippen LogP contribution in [0.1, 0.15) is 22.3 Å². The summed E-state index contributed by atoms with van der Waals surface area (Å²) in [5.74, 6) is 0.131. The number of hydrogen-bond donors (Lipinski definition) is 0. The van der Waals surface area contributed by atoms with Crippen molar-refractivity contribution in [3.05, 3.63) is 70.2 Å². The van der Waals surface area contributed by atoms with E-state index in [0.717, 1.165) is 49.2 Å². The third-order valence-corrected chi connectivity index (χ3v) is 5.24. The third kappa shape index (κ3) is 4.46. The maximum atomic E-state index is 12.6. The van der Waals surface area contributed by atoms with E-state index in [2.05, 4.69) is 51.2 Å². The van der Waals surface area contributed by atoms with Crippen molar-refractivity contribution in [2.75, 3.05) is 32.7 Å². The molecule has 1 amide bonds. The lowest BCUT2D eigenvalue weighted by molar-refractivity contribution is 0.0635. The Morgan fingerprint density at radius 3 is 2.29 bits per heavy atom. The van der Waals surface area contributed by atoms with Gasteiger partial charge in [0, 0.05) is 30.7 Å². The number of piperazine rings is 1. The Bertz CT molecular complexity index is 666. The molecule has 0 N–H and O–H groups in total. The smallest absolute Gasteiger partial charge is 0.255 e. The largest absolute Gasteiger partial charge is 0.336 e. The lowest BCUT2D eigenvalue weighted by Crippen LogP contribution is -2.48. The number of amides is 1. The van der Waals surface area contributed by atoms with E-state index in [0.29, 0.717) is 0 Å². The lowest BCUT2D eigenvalue weighted by atomic mass is 10.1. The Balaban J connectivity index is 1.44. The lowest BCUT2D eigenvalue weighted by Gasteiger charge is -2.35. The summed E-state index contributed by atoms with van der Waals surface area (Å²) in [5.41, 5.74) is 2.16. The van der Waals surface area contributed by atoms with Gasteiger partial charge < -0.3 is 4.90 Å². The normalized spacial score (nSPS) is 15.5. The topological polar surface area (TPSA) is 23.6 Å². The second-order valence-electron chi connectivity index (χ2n) is 6.20. The molecule has 0 saturated carbocycles. The molecule has 3 nitrogen and oxygen atoms in total. The molecule has 0 aliphatic carbocycles. The number of benzene rings is 2. The zero-order valence-electron chi connectivity index (χ0n) is 13.8. The van der Waals surface area contributed by atoms with Gasteiger partial charge in [-0.3, -0.25) is 9.69 Å². The Labute approximate surface area is 152 Å². The summed E-state index contributed by atoms with van der Waals surface area (Å²) >= 11 is 3.47. The summed E-state index contributed by atoms with van der Waals surface area (Å²) in [6, 6.07) is 18.3. The van der Waals surface area contributed by atoms with Crippen molar-refractivity contribution < 1.29 is 4.79 Å². The minimum absolute atomic E-state index is 0.131. The second-order valence-corrected chi connectivity index (χ2v) is 7.06. The Morgan fingerprint density at radius 1 is 0.917 bits per heavy atom. The van der Waals surface area contributed by atoms with E-state index in [1.165, 1.54) is 12.0 Å². The van der Waals surface area contributed by atoms with Crippen LogP contribution in [0, 0.1) is 0 Å². The third-order valence-electron chi connectivity index (χ3n) is 4.55. The predicted octanol–water partition coefficient (Wildman–Crippen LogP) is 3.84. The van der Waals surface area contributed by atoms with Crippen LogP contribution in [0.15, 0.2) is 59.1 Å². The molecule has 126 valence electrons. The molecule has 24 heavy (non-hydrogen) atoms. The molecule has 1 aliphatic heterocycles. The van der Waals surface area contributed by atoms with Crippen molar-refractivity contribution in [2.45, 2.75) is 12.8 Å².